The van der Waals surface area contributed by atoms with Crippen LogP contribution in [0.25, 0.3) is 0 Å². The Morgan fingerprint density at radius 2 is 2.00 bits per heavy atom. The fraction of sp³-hybridized carbons (Fsp3) is 0.231. The molecule has 3 heteroatoms. The van der Waals surface area contributed by atoms with E-state index in [2.05, 4.69) is 4.99 Å². The molecule has 0 radical (unpaired) electrons. The number of aliphatic imine (C=N–C) groups is 1. The Bertz CT molecular complexity index is 472. The number of rotatable bonds is 2. The van der Waals surface area contributed by atoms with Crippen molar-refractivity contribution in [3.63, 3.8) is 0 Å². The predicted octanol–water partition coefficient (Wildman–Crippen LogP) is 2.67. The van der Waals surface area contributed by atoms with Gasteiger partial charge in [-0.1, -0.05) is 25.1 Å². The summed E-state index contributed by atoms with van der Waals surface area (Å²) in [6.07, 6.45) is 0.802. The number of carbonyl (C=O) groups is 1. The number of esters is 1. The first-order valence-electron chi connectivity index (χ1n) is 5.28. The van der Waals surface area contributed by atoms with Gasteiger partial charge in [0.15, 0.2) is 5.70 Å². The van der Waals surface area contributed by atoms with Gasteiger partial charge in [-0.25, -0.2) is 9.79 Å². The maximum Gasteiger partial charge on any atom is 0.363 e. The van der Waals surface area contributed by atoms with Crippen molar-refractivity contribution in [3.05, 3.63) is 47.2 Å². The zero-order valence-corrected chi connectivity index (χ0v) is 9.36. The molecule has 0 bridgehead atoms. The topological polar surface area (TPSA) is 38.7 Å². The van der Waals surface area contributed by atoms with E-state index in [4.69, 9.17) is 4.74 Å². The van der Waals surface area contributed by atoms with Gasteiger partial charge in [-0.2, -0.15) is 0 Å². The number of cyclic esters (lactones) is 1. The molecule has 1 aromatic carbocycles. The van der Waals surface area contributed by atoms with Gasteiger partial charge in [0.1, 0.15) is 0 Å². The highest BCUT2D eigenvalue weighted by Crippen LogP contribution is 2.20. The fourth-order valence-corrected chi connectivity index (χ4v) is 1.45. The standard InChI is InChI=1S/C13H13NO2/c1-3-9(2)11-13(15)16-12(14-11)10-7-5-4-6-8-10/h4-8H,3H2,1-2H3. The van der Waals surface area contributed by atoms with Crippen LogP contribution in [0.5, 0.6) is 0 Å². The van der Waals surface area contributed by atoms with Gasteiger partial charge in [-0.3, -0.25) is 0 Å². The number of hydrogen-bond donors (Lipinski definition) is 0. The van der Waals surface area contributed by atoms with Crippen molar-refractivity contribution in [2.24, 2.45) is 4.99 Å². The van der Waals surface area contributed by atoms with Crippen LogP contribution in [0.2, 0.25) is 0 Å². The molecule has 0 N–H and O–H groups in total. The van der Waals surface area contributed by atoms with Crippen LogP contribution in [0.1, 0.15) is 25.8 Å². The second-order valence-electron chi connectivity index (χ2n) is 3.65. The predicted molar refractivity (Wildman–Crippen MR) is 62.1 cm³/mol. The Hall–Kier alpha value is -1.90. The van der Waals surface area contributed by atoms with Gasteiger partial charge in [0.25, 0.3) is 0 Å². The summed E-state index contributed by atoms with van der Waals surface area (Å²) in [5.74, 6) is 0.0478. The van der Waals surface area contributed by atoms with E-state index >= 15 is 0 Å². The molecule has 0 atom stereocenters. The van der Waals surface area contributed by atoms with Crippen molar-refractivity contribution in [2.45, 2.75) is 20.3 Å². The molecule has 0 saturated carbocycles. The number of carbonyl (C=O) groups excluding carboxylic acids is 1. The molecule has 0 fully saturated rings. The van der Waals surface area contributed by atoms with Crippen molar-refractivity contribution < 1.29 is 9.53 Å². The van der Waals surface area contributed by atoms with Gasteiger partial charge in [0.05, 0.1) is 0 Å². The number of allylic oxidation sites excluding steroid dienone is 1. The van der Waals surface area contributed by atoms with Gasteiger partial charge in [0.2, 0.25) is 5.90 Å². The third kappa shape index (κ3) is 1.89. The Morgan fingerprint density at radius 1 is 1.31 bits per heavy atom. The van der Waals surface area contributed by atoms with Gasteiger partial charge in [-0.05, 0) is 31.1 Å². The second-order valence-corrected chi connectivity index (χ2v) is 3.65. The van der Waals surface area contributed by atoms with Crippen LogP contribution < -0.4 is 0 Å². The zero-order chi connectivity index (χ0) is 11.5. The van der Waals surface area contributed by atoms with Gasteiger partial charge >= 0.3 is 5.97 Å². The van der Waals surface area contributed by atoms with E-state index in [1.54, 1.807) is 0 Å². The first-order chi connectivity index (χ1) is 7.72. The summed E-state index contributed by atoms with van der Waals surface area (Å²) in [4.78, 5) is 15.8. The summed E-state index contributed by atoms with van der Waals surface area (Å²) in [6.45, 7) is 3.89. The van der Waals surface area contributed by atoms with Gasteiger partial charge in [-0.15, -0.1) is 0 Å². The van der Waals surface area contributed by atoms with Crippen LogP contribution in [0.3, 0.4) is 0 Å². The van der Waals surface area contributed by atoms with Crippen molar-refractivity contribution >= 4 is 11.9 Å². The molecule has 0 aliphatic carbocycles. The van der Waals surface area contributed by atoms with E-state index in [0.717, 1.165) is 17.6 Å². The SMILES string of the molecule is CCC(C)=C1N=C(c2ccccc2)OC1=O. The van der Waals surface area contributed by atoms with Crippen LogP contribution >= 0.6 is 0 Å². The van der Waals surface area contributed by atoms with E-state index < -0.39 is 0 Å². The fourth-order valence-electron chi connectivity index (χ4n) is 1.45. The molecule has 1 aliphatic heterocycles. The third-order valence-corrected chi connectivity index (χ3v) is 2.55. The molecular weight excluding hydrogens is 202 g/mol. The lowest BCUT2D eigenvalue weighted by atomic mass is 10.2. The molecule has 0 spiro atoms. The molecule has 0 aromatic heterocycles. The maximum absolute atomic E-state index is 11.6. The van der Waals surface area contributed by atoms with Crippen molar-refractivity contribution in [2.75, 3.05) is 0 Å². The third-order valence-electron chi connectivity index (χ3n) is 2.55. The summed E-state index contributed by atoms with van der Waals surface area (Å²) in [5.41, 5.74) is 2.23. The molecule has 3 nitrogen and oxygen atoms in total. The molecule has 82 valence electrons. The minimum atomic E-state index is -0.349. The monoisotopic (exact) mass is 215 g/mol. The molecule has 1 aromatic rings. The maximum atomic E-state index is 11.6. The first-order valence-corrected chi connectivity index (χ1v) is 5.28. The molecule has 1 aliphatic rings. The number of nitrogens with zero attached hydrogens (tertiary/aromatic N) is 1. The normalized spacial score (nSPS) is 18.1. The molecule has 16 heavy (non-hydrogen) atoms. The van der Waals surface area contributed by atoms with E-state index in [0.29, 0.717) is 11.6 Å². The Kier molecular flexibility index (Phi) is 2.86. The van der Waals surface area contributed by atoms with Crippen LogP contribution in [-0.4, -0.2) is 11.9 Å². The number of hydrogen-bond acceptors (Lipinski definition) is 3. The van der Waals surface area contributed by atoms with Crippen molar-refractivity contribution in [1.82, 2.24) is 0 Å². The van der Waals surface area contributed by atoms with E-state index in [1.165, 1.54) is 0 Å². The highest BCUT2D eigenvalue weighted by Gasteiger charge is 2.25. The summed E-state index contributed by atoms with van der Waals surface area (Å²) >= 11 is 0. The Balaban J connectivity index is 2.38. The van der Waals surface area contributed by atoms with Crippen molar-refractivity contribution in [1.29, 1.82) is 0 Å². The van der Waals surface area contributed by atoms with Gasteiger partial charge < -0.3 is 4.74 Å². The van der Waals surface area contributed by atoms with E-state index in [-0.39, 0.29) is 5.97 Å². The molecular formula is C13H13NO2. The molecule has 1 heterocycles. The smallest absolute Gasteiger partial charge is 0.363 e. The minimum Gasteiger partial charge on any atom is -0.402 e. The van der Waals surface area contributed by atoms with Crippen LogP contribution in [-0.2, 0) is 9.53 Å². The van der Waals surface area contributed by atoms with Crippen molar-refractivity contribution in [3.8, 4) is 0 Å². The molecule has 2 rings (SSSR count). The van der Waals surface area contributed by atoms with Crippen LogP contribution in [0.15, 0.2) is 46.6 Å². The second kappa shape index (κ2) is 4.31. The lowest BCUT2D eigenvalue weighted by Gasteiger charge is -1.97. The van der Waals surface area contributed by atoms with E-state index in [9.17, 15) is 4.79 Å². The average Bonchev–Trinajstić information content (AvgIpc) is 2.71. The lowest BCUT2D eigenvalue weighted by molar-refractivity contribution is -0.130. The highest BCUT2D eigenvalue weighted by atomic mass is 16.6. The van der Waals surface area contributed by atoms with Crippen LogP contribution in [0.4, 0.5) is 0 Å². The van der Waals surface area contributed by atoms with Gasteiger partial charge in [0, 0.05) is 5.56 Å². The largest absolute Gasteiger partial charge is 0.402 e. The Morgan fingerprint density at radius 3 is 2.62 bits per heavy atom. The first kappa shape index (κ1) is 10.6. The quantitative estimate of drug-likeness (QED) is 0.562. The summed E-state index contributed by atoms with van der Waals surface area (Å²) in [7, 11) is 0. The minimum absolute atomic E-state index is 0.349. The molecule has 0 amide bonds. The number of ether oxygens (including phenoxy) is 1. The van der Waals surface area contributed by atoms with Crippen LogP contribution in [0, 0.1) is 0 Å². The highest BCUT2D eigenvalue weighted by molar-refractivity contribution is 6.11. The molecule has 0 unspecified atom stereocenters. The zero-order valence-electron chi connectivity index (χ0n) is 9.36. The Labute approximate surface area is 94.5 Å². The van der Waals surface area contributed by atoms with E-state index in [1.807, 2.05) is 44.2 Å². The lowest BCUT2D eigenvalue weighted by Crippen LogP contribution is -2.05. The molecule has 0 saturated heterocycles. The average molecular weight is 215 g/mol. The number of benzene rings is 1. The summed E-state index contributed by atoms with van der Waals surface area (Å²) in [5, 5.41) is 0. The summed E-state index contributed by atoms with van der Waals surface area (Å²) in [6, 6.07) is 9.43. The summed E-state index contributed by atoms with van der Waals surface area (Å²) < 4.78 is 5.14.